The second kappa shape index (κ2) is 9.40. The van der Waals surface area contributed by atoms with Gasteiger partial charge in [0.15, 0.2) is 11.5 Å². The smallest absolute Gasteiger partial charge is 0.167 e. The van der Waals surface area contributed by atoms with Crippen molar-refractivity contribution in [2.45, 2.75) is 62.8 Å². The zero-order valence-electron chi connectivity index (χ0n) is 19.8. The highest BCUT2D eigenvalue weighted by atomic mass is 16.6. The Bertz CT molecular complexity index is 1010. The Labute approximate surface area is 201 Å². The highest BCUT2D eigenvalue weighted by Crippen LogP contribution is 2.50. The van der Waals surface area contributed by atoms with E-state index >= 15 is 0 Å². The monoisotopic (exact) mass is 465 g/mol. The van der Waals surface area contributed by atoms with Crippen molar-refractivity contribution in [2.75, 3.05) is 39.5 Å². The molecule has 0 radical (unpaired) electrons. The van der Waals surface area contributed by atoms with Gasteiger partial charge in [0.2, 0.25) is 0 Å². The summed E-state index contributed by atoms with van der Waals surface area (Å²) in [6.07, 6.45) is 6.40. The molecule has 1 saturated heterocycles. The SMILES string of the molecule is OC(COc1ccccc1C1CCCC1)CN1CCC2(CC1)OCc1c2ccc2c1OCCO2. The highest BCUT2D eigenvalue weighted by Gasteiger charge is 2.44. The maximum atomic E-state index is 10.7. The maximum Gasteiger partial charge on any atom is 0.167 e. The van der Waals surface area contributed by atoms with E-state index in [1.165, 1.54) is 36.8 Å². The van der Waals surface area contributed by atoms with Crippen molar-refractivity contribution >= 4 is 0 Å². The number of para-hydroxylation sites is 1. The molecule has 0 amide bonds. The fourth-order valence-electron chi connectivity index (χ4n) is 6.27. The number of aliphatic hydroxyl groups is 1. The van der Waals surface area contributed by atoms with Gasteiger partial charge in [-0.15, -0.1) is 0 Å². The van der Waals surface area contributed by atoms with E-state index in [1.807, 2.05) is 18.2 Å². The molecular weight excluding hydrogens is 430 g/mol. The van der Waals surface area contributed by atoms with Crippen LogP contribution in [0.15, 0.2) is 36.4 Å². The number of hydrogen-bond donors (Lipinski definition) is 1. The van der Waals surface area contributed by atoms with Gasteiger partial charge in [0, 0.05) is 25.2 Å². The molecule has 1 unspecified atom stereocenters. The van der Waals surface area contributed by atoms with E-state index in [0.717, 1.165) is 48.7 Å². The van der Waals surface area contributed by atoms with Crippen LogP contribution in [0.1, 0.15) is 61.1 Å². The number of nitrogens with zero attached hydrogens (tertiary/aromatic N) is 1. The van der Waals surface area contributed by atoms with Crippen molar-refractivity contribution in [1.82, 2.24) is 4.90 Å². The summed E-state index contributed by atoms with van der Waals surface area (Å²) in [5.41, 5.74) is 3.47. The van der Waals surface area contributed by atoms with Crippen LogP contribution in [0.5, 0.6) is 17.2 Å². The third kappa shape index (κ3) is 4.16. The minimum Gasteiger partial charge on any atom is -0.491 e. The number of aliphatic hydroxyl groups excluding tert-OH is 1. The number of likely N-dealkylation sites (tertiary alicyclic amines) is 1. The molecule has 34 heavy (non-hydrogen) atoms. The van der Waals surface area contributed by atoms with Crippen LogP contribution in [0.4, 0.5) is 0 Å². The summed E-state index contributed by atoms with van der Waals surface area (Å²) in [7, 11) is 0. The summed E-state index contributed by atoms with van der Waals surface area (Å²) >= 11 is 0. The zero-order valence-corrected chi connectivity index (χ0v) is 19.8. The Morgan fingerprint density at radius 2 is 1.82 bits per heavy atom. The number of rotatable bonds is 6. The second-order valence-electron chi connectivity index (χ2n) is 10.2. The summed E-state index contributed by atoms with van der Waals surface area (Å²) in [5, 5.41) is 10.7. The van der Waals surface area contributed by atoms with Crippen molar-refractivity contribution in [3.8, 4) is 17.2 Å². The zero-order chi connectivity index (χ0) is 23.0. The fourth-order valence-corrected chi connectivity index (χ4v) is 6.27. The molecule has 0 bridgehead atoms. The van der Waals surface area contributed by atoms with Crippen molar-refractivity contribution in [3.63, 3.8) is 0 Å². The molecule has 2 aromatic carbocycles. The van der Waals surface area contributed by atoms with Gasteiger partial charge in [0.1, 0.15) is 31.7 Å². The Morgan fingerprint density at radius 3 is 2.68 bits per heavy atom. The third-order valence-electron chi connectivity index (χ3n) is 8.07. The molecule has 6 rings (SSSR count). The largest absolute Gasteiger partial charge is 0.491 e. The standard InChI is InChI=1S/C28H35NO5/c30-21(18-33-25-8-4-3-7-22(25)20-5-1-2-6-20)17-29-13-11-28(12-14-29)24-9-10-26-27(23(24)19-34-28)32-16-15-31-26/h3-4,7-10,20-21,30H,1-2,5-6,11-19H2. The lowest BCUT2D eigenvalue weighted by molar-refractivity contribution is -0.0837. The minimum absolute atomic E-state index is 0.247. The Balaban J connectivity index is 1.04. The number of hydrogen-bond acceptors (Lipinski definition) is 6. The normalized spacial score (nSPS) is 22.6. The molecule has 1 spiro atoms. The first-order valence-corrected chi connectivity index (χ1v) is 12.9. The van der Waals surface area contributed by atoms with E-state index in [4.69, 9.17) is 18.9 Å². The molecule has 6 nitrogen and oxygen atoms in total. The number of benzene rings is 2. The van der Waals surface area contributed by atoms with E-state index in [9.17, 15) is 5.11 Å². The van der Waals surface area contributed by atoms with Crippen LogP contribution in [0.2, 0.25) is 0 Å². The van der Waals surface area contributed by atoms with E-state index in [0.29, 0.717) is 38.9 Å². The van der Waals surface area contributed by atoms with Gasteiger partial charge >= 0.3 is 0 Å². The van der Waals surface area contributed by atoms with E-state index in [1.54, 1.807) is 0 Å². The lowest BCUT2D eigenvalue weighted by Gasteiger charge is -2.40. The first-order chi connectivity index (χ1) is 16.7. The molecule has 2 aromatic rings. The Kier molecular flexibility index (Phi) is 6.14. The molecule has 3 aliphatic heterocycles. The van der Waals surface area contributed by atoms with Crippen molar-refractivity contribution < 1.29 is 24.1 Å². The number of β-amino-alcohol motifs (C(OH)–C–C–N with tert-alkyl or cyclic N) is 1. The first kappa shape index (κ1) is 22.2. The molecule has 1 atom stereocenters. The van der Waals surface area contributed by atoms with E-state index in [-0.39, 0.29) is 5.60 Å². The predicted octanol–water partition coefficient (Wildman–Crippen LogP) is 4.38. The molecule has 0 aromatic heterocycles. The summed E-state index contributed by atoms with van der Waals surface area (Å²) < 4.78 is 24.2. The van der Waals surface area contributed by atoms with Gasteiger partial charge in [-0.1, -0.05) is 37.1 Å². The molecule has 1 N–H and O–H groups in total. The maximum absolute atomic E-state index is 10.7. The minimum atomic E-state index is -0.514. The lowest BCUT2D eigenvalue weighted by Crippen LogP contribution is -2.46. The van der Waals surface area contributed by atoms with Crippen molar-refractivity contribution in [3.05, 3.63) is 53.1 Å². The molecule has 1 aliphatic carbocycles. The molecule has 1 saturated carbocycles. The summed E-state index contributed by atoms with van der Waals surface area (Å²) in [6, 6.07) is 12.6. The highest BCUT2D eigenvalue weighted by molar-refractivity contribution is 5.54. The quantitative estimate of drug-likeness (QED) is 0.683. The number of fused-ring (bicyclic) bond motifs is 4. The van der Waals surface area contributed by atoms with Gasteiger partial charge in [-0.3, -0.25) is 0 Å². The average Bonchev–Trinajstić information content (AvgIpc) is 3.54. The van der Waals surface area contributed by atoms with Crippen LogP contribution in [-0.2, 0) is 16.9 Å². The van der Waals surface area contributed by atoms with Crippen molar-refractivity contribution in [1.29, 1.82) is 0 Å². The molecule has 6 heteroatoms. The van der Waals surface area contributed by atoms with Crippen LogP contribution in [-0.4, -0.2) is 55.6 Å². The molecule has 2 fully saturated rings. The van der Waals surface area contributed by atoms with Crippen molar-refractivity contribution in [2.24, 2.45) is 0 Å². The van der Waals surface area contributed by atoms with Gasteiger partial charge in [-0.2, -0.15) is 0 Å². The molecule has 4 aliphatic rings. The van der Waals surface area contributed by atoms with Crippen LogP contribution in [0, 0.1) is 0 Å². The number of ether oxygens (including phenoxy) is 4. The van der Waals surface area contributed by atoms with E-state index < -0.39 is 6.10 Å². The van der Waals surface area contributed by atoms with Crippen LogP contribution >= 0.6 is 0 Å². The van der Waals surface area contributed by atoms with Crippen LogP contribution in [0.3, 0.4) is 0 Å². The van der Waals surface area contributed by atoms with Gasteiger partial charge in [0.25, 0.3) is 0 Å². The van der Waals surface area contributed by atoms with Gasteiger partial charge in [0.05, 0.1) is 12.2 Å². The van der Waals surface area contributed by atoms with Crippen LogP contribution < -0.4 is 14.2 Å². The molecule has 182 valence electrons. The number of piperidine rings is 1. The van der Waals surface area contributed by atoms with Gasteiger partial charge < -0.3 is 29.0 Å². The fraction of sp³-hybridized carbons (Fsp3) is 0.571. The van der Waals surface area contributed by atoms with Crippen LogP contribution in [0.25, 0.3) is 0 Å². The third-order valence-corrected chi connectivity index (χ3v) is 8.07. The first-order valence-electron chi connectivity index (χ1n) is 12.9. The predicted molar refractivity (Wildman–Crippen MR) is 129 cm³/mol. The van der Waals surface area contributed by atoms with Gasteiger partial charge in [-0.25, -0.2) is 0 Å². The Hall–Kier alpha value is -2.28. The molecule has 3 heterocycles. The second-order valence-corrected chi connectivity index (χ2v) is 10.2. The van der Waals surface area contributed by atoms with E-state index in [2.05, 4.69) is 23.1 Å². The average molecular weight is 466 g/mol. The molecular formula is C28H35NO5. The lowest BCUT2D eigenvalue weighted by atomic mass is 9.83. The summed E-state index contributed by atoms with van der Waals surface area (Å²) in [5.74, 6) is 3.24. The summed E-state index contributed by atoms with van der Waals surface area (Å²) in [4.78, 5) is 2.33. The Morgan fingerprint density at radius 1 is 1.03 bits per heavy atom. The topological polar surface area (TPSA) is 60.4 Å². The van der Waals surface area contributed by atoms with Gasteiger partial charge in [-0.05, 0) is 54.9 Å². The summed E-state index contributed by atoms with van der Waals surface area (Å²) in [6.45, 7) is 4.51.